The number of nitrogens with one attached hydrogen (secondary N) is 1. The van der Waals surface area contributed by atoms with Crippen molar-refractivity contribution in [1.29, 1.82) is 0 Å². The number of aromatic nitrogens is 3. The van der Waals surface area contributed by atoms with Crippen molar-refractivity contribution in [2.45, 2.75) is 50.1 Å². The summed E-state index contributed by atoms with van der Waals surface area (Å²) in [5.41, 5.74) is 3.82. The predicted octanol–water partition coefficient (Wildman–Crippen LogP) is 2.80. The van der Waals surface area contributed by atoms with E-state index >= 15 is 0 Å². The standard InChI is InChI=1S/C21H24N4O2S/c1-28-16-8-6-15(7-9-16)14-22-19(26)10-11-24-12-13-25-20(21(24)27)17-4-2-3-5-18(17)23-25/h6-9,12-13H,2-5,10-11,14H2,1H3,(H,22,26). The third-order valence-corrected chi connectivity index (χ3v) is 6.01. The summed E-state index contributed by atoms with van der Waals surface area (Å²) in [5.74, 6) is -0.0590. The highest BCUT2D eigenvalue weighted by Crippen LogP contribution is 2.22. The molecule has 0 aliphatic heterocycles. The first-order valence-electron chi connectivity index (χ1n) is 9.65. The topological polar surface area (TPSA) is 68.4 Å². The zero-order valence-corrected chi connectivity index (χ0v) is 16.8. The molecule has 0 fully saturated rings. The van der Waals surface area contributed by atoms with Crippen molar-refractivity contribution < 1.29 is 4.79 Å². The van der Waals surface area contributed by atoms with Crippen LogP contribution in [0.5, 0.6) is 0 Å². The SMILES string of the molecule is CSc1ccc(CNC(=O)CCn2ccn3nc4c(c3c2=O)CCCC4)cc1. The van der Waals surface area contributed by atoms with Crippen LogP contribution in [0.25, 0.3) is 5.52 Å². The number of thioether (sulfide) groups is 1. The lowest BCUT2D eigenvalue weighted by atomic mass is 9.97. The molecule has 6 nitrogen and oxygen atoms in total. The summed E-state index contributed by atoms with van der Waals surface area (Å²) in [7, 11) is 0. The highest BCUT2D eigenvalue weighted by molar-refractivity contribution is 7.98. The molecule has 4 rings (SSSR count). The van der Waals surface area contributed by atoms with Gasteiger partial charge in [0.15, 0.2) is 0 Å². The molecule has 146 valence electrons. The number of hydrogen-bond acceptors (Lipinski definition) is 4. The fraction of sp³-hybridized carbons (Fsp3) is 0.381. The van der Waals surface area contributed by atoms with Crippen LogP contribution in [0.4, 0.5) is 0 Å². The van der Waals surface area contributed by atoms with Gasteiger partial charge in [0.2, 0.25) is 5.91 Å². The van der Waals surface area contributed by atoms with E-state index in [4.69, 9.17) is 0 Å². The third-order valence-electron chi connectivity index (χ3n) is 5.26. The molecule has 2 heterocycles. The Labute approximate surface area is 167 Å². The van der Waals surface area contributed by atoms with Crippen molar-refractivity contribution in [2.24, 2.45) is 0 Å². The van der Waals surface area contributed by atoms with E-state index < -0.39 is 0 Å². The van der Waals surface area contributed by atoms with Crippen LogP contribution in [0.2, 0.25) is 0 Å². The summed E-state index contributed by atoms with van der Waals surface area (Å²) in [4.78, 5) is 26.3. The van der Waals surface area contributed by atoms with Gasteiger partial charge in [-0.1, -0.05) is 12.1 Å². The molecule has 0 radical (unpaired) electrons. The lowest BCUT2D eigenvalue weighted by Crippen LogP contribution is -2.27. The summed E-state index contributed by atoms with van der Waals surface area (Å²) >= 11 is 1.69. The Morgan fingerprint density at radius 3 is 2.75 bits per heavy atom. The Bertz CT molecular complexity index is 1050. The van der Waals surface area contributed by atoms with Gasteiger partial charge in [-0.05, 0) is 49.6 Å². The minimum Gasteiger partial charge on any atom is -0.352 e. The van der Waals surface area contributed by atoms with Crippen LogP contribution in [0.3, 0.4) is 0 Å². The van der Waals surface area contributed by atoms with E-state index in [9.17, 15) is 9.59 Å². The first kappa shape index (κ1) is 18.8. The number of aryl methyl sites for hydroxylation is 3. The molecule has 1 aliphatic carbocycles. The molecule has 0 unspecified atom stereocenters. The van der Waals surface area contributed by atoms with Crippen molar-refractivity contribution in [2.75, 3.05) is 6.26 Å². The van der Waals surface area contributed by atoms with E-state index in [1.54, 1.807) is 27.0 Å². The molecule has 28 heavy (non-hydrogen) atoms. The molecule has 0 bridgehead atoms. The molecule has 3 aromatic rings. The van der Waals surface area contributed by atoms with Crippen LogP contribution in [-0.4, -0.2) is 26.3 Å². The summed E-state index contributed by atoms with van der Waals surface area (Å²) in [6.07, 6.45) is 9.94. The number of carbonyl (C=O) groups excluding carboxylic acids is 1. The van der Waals surface area contributed by atoms with Gasteiger partial charge in [0.1, 0.15) is 5.52 Å². The van der Waals surface area contributed by atoms with Crippen molar-refractivity contribution in [3.63, 3.8) is 0 Å². The summed E-state index contributed by atoms with van der Waals surface area (Å²) < 4.78 is 3.33. The van der Waals surface area contributed by atoms with Crippen molar-refractivity contribution >= 4 is 23.2 Å². The van der Waals surface area contributed by atoms with Gasteiger partial charge in [-0.3, -0.25) is 9.59 Å². The fourth-order valence-electron chi connectivity index (χ4n) is 3.69. The van der Waals surface area contributed by atoms with E-state index in [0.717, 1.165) is 42.5 Å². The van der Waals surface area contributed by atoms with Crippen LogP contribution < -0.4 is 10.9 Å². The van der Waals surface area contributed by atoms with Crippen LogP contribution in [0.15, 0.2) is 46.3 Å². The van der Waals surface area contributed by atoms with Crippen LogP contribution >= 0.6 is 11.8 Å². The van der Waals surface area contributed by atoms with Crippen molar-refractivity contribution in [3.05, 3.63) is 63.8 Å². The average molecular weight is 397 g/mol. The number of benzene rings is 1. The van der Waals surface area contributed by atoms with E-state index in [1.165, 1.54) is 4.90 Å². The molecule has 1 N–H and O–H groups in total. The minimum atomic E-state index is -0.0590. The number of nitrogens with zero attached hydrogens (tertiary/aromatic N) is 3. The summed E-state index contributed by atoms with van der Waals surface area (Å²) in [6.45, 7) is 0.865. The lowest BCUT2D eigenvalue weighted by Gasteiger charge is -2.10. The van der Waals surface area contributed by atoms with Gasteiger partial charge in [-0.15, -0.1) is 11.8 Å². The van der Waals surface area contributed by atoms with Crippen LogP contribution in [0, 0.1) is 0 Å². The molecule has 0 atom stereocenters. The summed E-state index contributed by atoms with van der Waals surface area (Å²) in [5, 5.41) is 7.48. The van der Waals surface area contributed by atoms with E-state index in [-0.39, 0.29) is 17.9 Å². The van der Waals surface area contributed by atoms with Gasteiger partial charge in [-0.25, -0.2) is 4.52 Å². The highest BCUT2D eigenvalue weighted by atomic mass is 32.2. The molecule has 2 aromatic heterocycles. The maximum atomic E-state index is 12.9. The van der Waals surface area contributed by atoms with Gasteiger partial charge in [0.25, 0.3) is 5.56 Å². The van der Waals surface area contributed by atoms with Crippen LogP contribution in [0.1, 0.15) is 36.1 Å². The first-order valence-corrected chi connectivity index (χ1v) is 10.9. The smallest absolute Gasteiger partial charge is 0.276 e. The Morgan fingerprint density at radius 2 is 1.96 bits per heavy atom. The number of amides is 1. The summed E-state index contributed by atoms with van der Waals surface area (Å²) in [6, 6.07) is 8.14. The molecule has 1 amide bonds. The Balaban J connectivity index is 1.40. The van der Waals surface area contributed by atoms with Crippen molar-refractivity contribution in [3.8, 4) is 0 Å². The zero-order chi connectivity index (χ0) is 19.5. The molecular weight excluding hydrogens is 372 g/mol. The maximum absolute atomic E-state index is 12.9. The monoisotopic (exact) mass is 396 g/mol. The van der Waals surface area contributed by atoms with E-state index in [0.29, 0.717) is 18.6 Å². The van der Waals surface area contributed by atoms with Crippen molar-refractivity contribution in [1.82, 2.24) is 19.5 Å². The molecule has 7 heteroatoms. The molecular formula is C21H24N4O2S. The van der Waals surface area contributed by atoms with Gasteiger partial charge < -0.3 is 9.88 Å². The largest absolute Gasteiger partial charge is 0.352 e. The van der Waals surface area contributed by atoms with Gasteiger partial charge in [0.05, 0.1) is 5.69 Å². The quantitative estimate of drug-likeness (QED) is 0.651. The second-order valence-corrected chi connectivity index (χ2v) is 7.98. The third kappa shape index (κ3) is 3.85. The molecule has 0 spiro atoms. The molecule has 0 saturated carbocycles. The lowest BCUT2D eigenvalue weighted by molar-refractivity contribution is -0.121. The Morgan fingerprint density at radius 1 is 1.18 bits per heavy atom. The molecule has 1 aromatic carbocycles. The zero-order valence-electron chi connectivity index (χ0n) is 16.0. The average Bonchev–Trinajstić information content (AvgIpc) is 3.11. The van der Waals surface area contributed by atoms with Crippen LogP contribution in [-0.2, 0) is 30.7 Å². The number of fused-ring (bicyclic) bond motifs is 3. The number of carbonyl (C=O) groups is 1. The second kappa shape index (κ2) is 8.22. The van der Waals surface area contributed by atoms with Gasteiger partial charge in [0, 0.05) is 42.4 Å². The van der Waals surface area contributed by atoms with Gasteiger partial charge in [-0.2, -0.15) is 5.10 Å². The fourth-order valence-corrected chi connectivity index (χ4v) is 4.09. The van der Waals surface area contributed by atoms with E-state index in [2.05, 4.69) is 10.4 Å². The van der Waals surface area contributed by atoms with Gasteiger partial charge >= 0.3 is 0 Å². The second-order valence-electron chi connectivity index (χ2n) is 7.10. The normalized spacial score (nSPS) is 13.5. The molecule has 0 saturated heterocycles. The maximum Gasteiger partial charge on any atom is 0.276 e. The Kier molecular flexibility index (Phi) is 5.52. The molecule has 1 aliphatic rings. The highest BCUT2D eigenvalue weighted by Gasteiger charge is 2.19. The number of rotatable bonds is 6. The minimum absolute atomic E-state index is 0.0568. The number of hydrogen-bond donors (Lipinski definition) is 1. The van der Waals surface area contributed by atoms with E-state index in [1.807, 2.05) is 36.7 Å². The predicted molar refractivity (Wildman–Crippen MR) is 111 cm³/mol. The first-order chi connectivity index (χ1) is 13.7. The Hall–Kier alpha value is -2.54.